The zero-order chi connectivity index (χ0) is 15.1. The molecule has 2 rings (SSSR count). The van der Waals surface area contributed by atoms with Crippen molar-refractivity contribution in [2.45, 2.75) is 19.8 Å². The zero-order valence-electron chi connectivity index (χ0n) is 12.6. The number of piperazine rings is 1. The van der Waals surface area contributed by atoms with E-state index < -0.39 is 0 Å². The third-order valence-corrected chi connectivity index (χ3v) is 3.99. The van der Waals surface area contributed by atoms with Gasteiger partial charge in [0.25, 0.3) is 0 Å². The Hall–Kier alpha value is -1.46. The van der Waals surface area contributed by atoms with Crippen molar-refractivity contribution in [3.8, 4) is 0 Å². The Bertz CT molecular complexity index is 469. The first kappa shape index (κ1) is 15.9. The summed E-state index contributed by atoms with van der Waals surface area (Å²) < 4.78 is 0. The number of hydrazine groups is 1. The molecule has 1 heterocycles. The van der Waals surface area contributed by atoms with Crippen molar-refractivity contribution < 1.29 is 0 Å². The van der Waals surface area contributed by atoms with Crippen LogP contribution in [0.25, 0.3) is 0 Å². The molecular weight excluding hydrogens is 286 g/mol. The summed E-state index contributed by atoms with van der Waals surface area (Å²) in [5.74, 6) is 6.39. The van der Waals surface area contributed by atoms with Crippen molar-refractivity contribution in [1.82, 2.24) is 10.3 Å². The fraction of sp³-hybridized carbons (Fsp3) is 0.533. The van der Waals surface area contributed by atoms with Gasteiger partial charge in [-0.2, -0.15) is 0 Å². The van der Waals surface area contributed by atoms with Gasteiger partial charge in [0.05, 0.1) is 10.7 Å². The van der Waals surface area contributed by atoms with Gasteiger partial charge in [0.1, 0.15) is 0 Å². The Kier molecular flexibility index (Phi) is 6.14. The Morgan fingerprint density at radius 3 is 2.62 bits per heavy atom. The number of nitrogens with two attached hydrogens (primary N) is 1. The standard InChI is InChI=1S/C15H24ClN5/c1-2-3-8-18-15(19-17)21-11-9-20(10-12-21)14-7-5-4-6-13(14)16/h4-7H,2-3,8-12,17H2,1H3,(H,18,19). The SMILES string of the molecule is CCCCN=C(NN)N1CCN(c2ccccc2Cl)CC1. The molecule has 1 aromatic carbocycles. The Balaban J connectivity index is 1.93. The number of hydrogen-bond acceptors (Lipinski definition) is 3. The fourth-order valence-electron chi connectivity index (χ4n) is 2.45. The quantitative estimate of drug-likeness (QED) is 0.294. The molecule has 1 aliphatic rings. The summed E-state index contributed by atoms with van der Waals surface area (Å²) in [5.41, 5.74) is 3.83. The second-order valence-electron chi connectivity index (χ2n) is 5.13. The molecule has 1 aliphatic heterocycles. The molecule has 0 atom stereocenters. The highest BCUT2D eigenvalue weighted by atomic mass is 35.5. The molecule has 3 N–H and O–H groups in total. The van der Waals surface area contributed by atoms with Crippen LogP contribution in [0.3, 0.4) is 0 Å². The van der Waals surface area contributed by atoms with Gasteiger partial charge in [-0.25, -0.2) is 5.84 Å². The lowest BCUT2D eigenvalue weighted by Gasteiger charge is -2.37. The van der Waals surface area contributed by atoms with E-state index in [2.05, 4.69) is 33.2 Å². The lowest BCUT2D eigenvalue weighted by Crippen LogP contribution is -2.54. The van der Waals surface area contributed by atoms with Gasteiger partial charge in [0.2, 0.25) is 5.96 Å². The third kappa shape index (κ3) is 4.25. The maximum absolute atomic E-state index is 6.26. The molecule has 5 nitrogen and oxygen atoms in total. The summed E-state index contributed by atoms with van der Waals surface area (Å²) in [6.45, 7) is 6.59. The largest absolute Gasteiger partial charge is 0.367 e. The number of unbranched alkanes of at least 4 members (excludes halogenated alkanes) is 1. The topological polar surface area (TPSA) is 56.9 Å². The first-order chi connectivity index (χ1) is 10.3. The Labute approximate surface area is 131 Å². The highest BCUT2D eigenvalue weighted by Gasteiger charge is 2.20. The van der Waals surface area contributed by atoms with Crippen molar-refractivity contribution in [3.05, 3.63) is 29.3 Å². The van der Waals surface area contributed by atoms with Gasteiger partial charge >= 0.3 is 0 Å². The maximum atomic E-state index is 6.26. The number of nitrogens with zero attached hydrogens (tertiary/aromatic N) is 3. The van der Waals surface area contributed by atoms with E-state index in [4.69, 9.17) is 17.4 Å². The summed E-state index contributed by atoms with van der Waals surface area (Å²) in [5, 5.41) is 0.805. The van der Waals surface area contributed by atoms with Gasteiger partial charge < -0.3 is 9.80 Å². The number of aliphatic imine (C=N–C) groups is 1. The number of rotatable bonds is 4. The predicted molar refractivity (Wildman–Crippen MR) is 89.8 cm³/mol. The second kappa shape index (κ2) is 8.10. The minimum atomic E-state index is 0.794. The number of para-hydroxylation sites is 1. The third-order valence-electron chi connectivity index (χ3n) is 3.67. The molecule has 6 heteroatoms. The first-order valence-electron chi connectivity index (χ1n) is 7.51. The highest BCUT2D eigenvalue weighted by Crippen LogP contribution is 2.25. The molecule has 0 radical (unpaired) electrons. The van der Waals surface area contributed by atoms with E-state index >= 15 is 0 Å². The first-order valence-corrected chi connectivity index (χ1v) is 7.89. The average molecular weight is 310 g/mol. The molecule has 0 bridgehead atoms. The molecule has 116 valence electrons. The van der Waals surface area contributed by atoms with E-state index in [-0.39, 0.29) is 0 Å². The molecule has 0 amide bonds. The van der Waals surface area contributed by atoms with E-state index in [1.165, 1.54) is 0 Å². The Morgan fingerprint density at radius 2 is 2.00 bits per heavy atom. The molecule has 0 spiro atoms. The van der Waals surface area contributed by atoms with Gasteiger partial charge in [-0.05, 0) is 18.6 Å². The van der Waals surface area contributed by atoms with E-state index in [0.29, 0.717) is 0 Å². The van der Waals surface area contributed by atoms with E-state index in [9.17, 15) is 0 Å². The van der Waals surface area contributed by atoms with Crippen LogP contribution in [-0.4, -0.2) is 43.6 Å². The minimum Gasteiger partial charge on any atom is -0.367 e. The fourth-order valence-corrected chi connectivity index (χ4v) is 2.70. The molecule has 0 unspecified atom stereocenters. The smallest absolute Gasteiger partial charge is 0.208 e. The monoisotopic (exact) mass is 309 g/mol. The van der Waals surface area contributed by atoms with Gasteiger partial charge in [-0.3, -0.25) is 10.4 Å². The zero-order valence-corrected chi connectivity index (χ0v) is 13.3. The van der Waals surface area contributed by atoms with Crippen molar-refractivity contribution >= 4 is 23.2 Å². The van der Waals surface area contributed by atoms with Gasteiger partial charge in [-0.1, -0.05) is 37.1 Å². The maximum Gasteiger partial charge on any atom is 0.208 e. The number of guanidine groups is 1. The summed E-state index contributed by atoms with van der Waals surface area (Å²) in [6.07, 6.45) is 2.23. The van der Waals surface area contributed by atoms with Crippen LogP contribution in [0.2, 0.25) is 5.02 Å². The molecule has 1 aromatic rings. The van der Waals surface area contributed by atoms with Crippen LogP contribution >= 0.6 is 11.6 Å². The molecule has 0 aromatic heterocycles. The number of nitrogens with one attached hydrogen (secondary N) is 1. The molecule has 0 aliphatic carbocycles. The van der Waals surface area contributed by atoms with E-state index in [1.807, 2.05) is 18.2 Å². The lowest BCUT2D eigenvalue weighted by atomic mass is 10.2. The Morgan fingerprint density at radius 1 is 1.29 bits per heavy atom. The molecule has 1 saturated heterocycles. The summed E-state index contributed by atoms with van der Waals surface area (Å²) in [4.78, 5) is 9.03. The summed E-state index contributed by atoms with van der Waals surface area (Å²) in [7, 11) is 0. The van der Waals surface area contributed by atoms with Gasteiger partial charge in [0, 0.05) is 32.7 Å². The van der Waals surface area contributed by atoms with Crippen molar-refractivity contribution in [2.75, 3.05) is 37.6 Å². The molecule has 21 heavy (non-hydrogen) atoms. The number of anilines is 1. The van der Waals surface area contributed by atoms with Crippen molar-refractivity contribution in [1.29, 1.82) is 0 Å². The number of hydrogen-bond donors (Lipinski definition) is 2. The number of benzene rings is 1. The van der Waals surface area contributed by atoms with Crippen LogP contribution in [0.1, 0.15) is 19.8 Å². The number of halogens is 1. The molecule has 1 fully saturated rings. The van der Waals surface area contributed by atoms with Crippen molar-refractivity contribution in [2.24, 2.45) is 10.8 Å². The van der Waals surface area contributed by atoms with Crippen LogP contribution in [0.15, 0.2) is 29.3 Å². The van der Waals surface area contributed by atoms with Crippen LogP contribution in [-0.2, 0) is 0 Å². The van der Waals surface area contributed by atoms with Crippen LogP contribution < -0.4 is 16.2 Å². The predicted octanol–water partition coefficient (Wildman–Crippen LogP) is 2.08. The molecule has 0 saturated carbocycles. The minimum absolute atomic E-state index is 0.794. The normalized spacial score (nSPS) is 16.2. The second-order valence-corrected chi connectivity index (χ2v) is 5.54. The van der Waals surface area contributed by atoms with Crippen LogP contribution in [0.5, 0.6) is 0 Å². The lowest BCUT2D eigenvalue weighted by molar-refractivity contribution is 0.372. The average Bonchev–Trinajstić information content (AvgIpc) is 2.53. The van der Waals surface area contributed by atoms with E-state index in [1.54, 1.807) is 0 Å². The molecular formula is C15H24ClN5. The summed E-state index contributed by atoms with van der Waals surface area (Å²) >= 11 is 6.26. The van der Waals surface area contributed by atoms with Crippen LogP contribution in [0.4, 0.5) is 5.69 Å². The van der Waals surface area contributed by atoms with E-state index in [0.717, 1.165) is 62.2 Å². The van der Waals surface area contributed by atoms with Gasteiger partial charge in [-0.15, -0.1) is 0 Å². The van der Waals surface area contributed by atoms with Crippen molar-refractivity contribution in [3.63, 3.8) is 0 Å². The van der Waals surface area contributed by atoms with Gasteiger partial charge in [0.15, 0.2) is 0 Å². The van der Waals surface area contributed by atoms with Crippen LogP contribution in [0, 0.1) is 0 Å². The highest BCUT2D eigenvalue weighted by molar-refractivity contribution is 6.33. The summed E-state index contributed by atoms with van der Waals surface area (Å²) in [6, 6.07) is 7.98.